The Morgan fingerprint density at radius 1 is 1.29 bits per heavy atom. The average Bonchev–Trinajstić information content (AvgIpc) is 2.81. The molecule has 21 heavy (non-hydrogen) atoms. The van der Waals surface area contributed by atoms with Gasteiger partial charge in [0.1, 0.15) is 11.3 Å². The number of carbonyl (C=O) groups is 1. The molecule has 110 valence electrons. The monoisotopic (exact) mass is 284 g/mol. The fraction of sp³-hybridized carbons (Fsp3) is 0.438. The van der Waals surface area contributed by atoms with Gasteiger partial charge in [-0.05, 0) is 57.2 Å². The van der Waals surface area contributed by atoms with Crippen LogP contribution in [0, 0.1) is 13.8 Å². The maximum Gasteiger partial charge on any atom is 0.290 e. The van der Waals surface area contributed by atoms with E-state index in [-0.39, 0.29) is 5.91 Å². The molecule has 0 atom stereocenters. The number of rotatable bonds is 2. The summed E-state index contributed by atoms with van der Waals surface area (Å²) in [5.41, 5.74) is 6.99. The third kappa shape index (κ3) is 2.82. The number of pyridine rings is 1. The van der Waals surface area contributed by atoms with E-state index in [2.05, 4.69) is 15.5 Å². The van der Waals surface area contributed by atoms with E-state index in [0.29, 0.717) is 5.69 Å². The van der Waals surface area contributed by atoms with Crippen LogP contribution in [0.25, 0.3) is 5.65 Å². The van der Waals surface area contributed by atoms with Crippen molar-refractivity contribution in [3.8, 4) is 0 Å². The fourth-order valence-corrected chi connectivity index (χ4v) is 2.79. The van der Waals surface area contributed by atoms with Crippen molar-refractivity contribution in [3.05, 3.63) is 35.3 Å². The molecule has 2 aromatic heterocycles. The van der Waals surface area contributed by atoms with Crippen molar-refractivity contribution in [2.24, 2.45) is 5.10 Å². The highest BCUT2D eigenvalue weighted by molar-refractivity contribution is 5.96. The van der Waals surface area contributed by atoms with Gasteiger partial charge in [-0.25, -0.2) is 10.4 Å². The molecule has 2 heterocycles. The number of fused-ring (bicyclic) bond motifs is 1. The summed E-state index contributed by atoms with van der Waals surface area (Å²) >= 11 is 0. The largest absolute Gasteiger partial charge is 0.295 e. The first-order valence-electron chi connectivity index (χ1n) is 7.46. The van der Waals surface area contributed by atoms with Gasteiger partial charge >= 0.3 is 0 Å². The van der Waals surface area contributed by atoms with Crippen LogP contribution in [-0.2, 0) is 0 Å². The van der Waals surface area contributed by atoms with E-state index in [9.17, 15) is 4.79 Å². The summed E-state index contributed by atoms with van der Waals surface area (Å²) in [5, 5.41) is 4.28. The van der Waals surface area contributed by atoms with Gasteiger partial charge in [0.25, 0.3) is 5.91 Å². The molecule has 1 saturated carbocycles. The number of hydrazone groups is 1. The Bertz CT molecular complexity index is 706. The van der Waals surface area contributed by atoms with Gasteiger partial charge < -0.3 is 0 Å². The molecular formula is C16H20N4O. The zero-order valence-electron chi connectivity index (χ0n) is 12.5. The summed E-state index contributed by atoms with van der Waals surface area (Å²) in [6.45, 7) is 3.86. The molecule has 5 nitrogen and oxygen atoms in total. The van der Waals surface area contributed by atoms with E-state index < -0.39 is 0 Å². The molecule has 1 aliphatic rings. The lowest BCUT2D eigenvalue weighted by molar-refractivity contribution is 0.0948. The van der Waals surface area contributed by atoms with Gasteiger partial charge in [-0.3, -0.25) is 9.20 Å². The van der Waals surface area contributed by atoms with Gasteiger partial charge in [0.05, 0.1) is 5.69 Å². The third-order valence-corrected chi connectivity index (χ3v) is 3.92. The van der Waals surface area contributed by atoms with E-state index in [1.54, 1.807) is 0 Å². The summed E-state index contributed by atoms with van der Waals surface area (Å²) < 4.78 is 1.82. The molecule has 1 aliphatic carbocycles. The quantitative estimate of drug-likeness (QED) is 0.862. The number of nitrogens with zero attached hydrogens (tertiary/aromatic N) is 3. The Kier molecular flexibility index (Phi) is 3.73. The summed E-state index contributed by atoms with van der Waals surface area (Å²) in [4.78, 5) is 16.8. The molecule has 1 amide bonds. The topological polar surface area (TPSA) is 58.8 Å². The fourth-order valence-electron chi connectivity index (χ4n) is 2.79. The highest BCUT2D eigenvalue weighted by atomic mass is 16.2. The predicted octanol–water partition coefficient (Wildman–Crippen LogP) is 3.00. The van der Waals surface area contributed by atoms with Crippen molar-refractivity contribution in [2.45, 2.75) is 46.0 Å². The minimum Gasteiger partial charge on any atom is -0.295 e. The van der Waals surface area contributed by atoms with E-state index >= 15 is 0 Å². The van der Waals surface area contributed by atoms with Crippen LogP contribution in [0.2, 0.25) is 0 Å². The number of imidazole rings is 1. The second kappa shape index (κ2) is 5.68. The van der Waals surface area contributed by atoms with E-state index in [1.807, 2.05) is 36.6 Å². The van der Waals surface area contributed by atoms with Crippen LogP contribution in [0.1, 0.15) is 53.8 Å². The number of amides is 1. The second-order valence-electron chi connectivity index (χ2n) is 5.66. The first-order valence-corrected chi connectivity index (χ1v) is 7.46. The molecule has 1 fully saturated rings. The maximum absolute atomic E-state index is 12.4. The van der Waals surface area contributed by atoms with Crippen molar-refractivity contribution in [3.63, 3.8) is 0 Å². The summed E-state index contributed by atoms with van der Waals surface area (Å²) in [7, 11) is 0. The van der Waals surface area contributed by atoms with Crippen LogP contribution in [0.15, 0.2) is 23.4 Å². The summed E-state index contributed by atoms with van der Waals surface area (Å²) in [5.74, 6) is -0.193. The number of nitrogens with one attached hydrogen (secondary N) is 1. The van der Waals surface area contributed by atoms with Gasteiger partial charge in [-0.1, -0.05) is 6.42 Å². The number of aromatic nitrogens is 2. The highest BCUT2D eigenvalue weighted by Gasteiger charge is 2.16. The van der Waals surface area contributed by atoms with Gasteiger partial charge in [-0.15, -0.1) is 0 Å². The van der Waals surface area contributed by atoms with Crippen LogP contribution < -0.4 is 5.43 Å². The minimum absolute atomic E-state index is 0.193. The molecular weight excluding hydrogens is 264 g/mol. The predicted molar refractivity (Wildman–Crippen MR) is 82.7 cm³/mol. The van der Waals surface area contributed by atoms with Crippen LogP contribution >= 0.6 is 0 Å². The zero-order chi connectivity index (χ0) is 14.8. The normalized spacial score (nSPS) is 15.2. The second-order valence-corrected chi connectivity index (χ2v) is 5.66. The Morgan fingerprint density at radius 2 is 2.05 bits per heavy atom. The smallest absolute Gasteiger partial charge is 0.290 e. The molecule has 0 unspecified atom stereocenters. The molecule has 1 N–H and O–H groups in total. The Morgan fingerprint density at radius 3 is 2.81 bits per heavy atom. The zero-order valence-corrected chi connectivity index (χ0v) is 12.5. The van der Waals surface area contributed by atoms with Crippen molar-refractivity contribution < 1.29 is 4.79 Å². The van der Waals surface area contributed by atoms with Crippen molar-refractivity contribution >= 4 is 17.3 Å². The highest BCUT2D eigenvalue weighted by Crippen LogP contribution is 2.15. The molecule has 3 rings (SSSR count). The first-order chi connectivity index (χ1) is 10.1. The Balaban J connectivity index is 1.85. The van der Waals surface area contributed by atoms with E-state index in [4.69, 9.17) is 0 Å². The Labute approximate surface area is 124 Å². The minimum atomic E-state index is -0.193. The number of carbonyl (C=O) groups excluding carboxylic acids is 1. The molecule has 0 radical (unpaired) electrons. The summed E-state index contributed by atoms with van der Waals surface area (Å²) in [6.07, 6.45) is 7.47. The molecule has 0 aromatic carbocycles. The lowest BCUT2D eigenvalue weighted by Crippen LogP contribution is -2.22. The molecule has 0 bridgehead atoms. The van der Waals surface area contributed by atoms with Crippen LogP contribution in [0.3, 0.4) is 0 Å². The SMILES string of the molecule is Cc1ccn2c(C(=O)NN=C3CCCCC3)c(C)nc2c1. The van der Waals surface area contributed by atoms with Gasteiger partial charge in [0.2, 0.25) is 0 Å². The first kappa shape index (κ1) is 13.8. The Hall–Kier alpha value is -2.17. The van der Waals surface area contributed by atoms with Crippen LogP contribution in [0.4, 0.5) is 0 Å². The molecule has 0 spiro atoms. The van der Waals surface area contributed by atoms with Crippen LogP contribution in [-0.4, -0.2) is 21.0 Å². The van der Waals surface area contributed by atoms with E-state index in [1.165, 1.54) is 19.3 Å². The average molecular weight is 284 g/mol. The van der Waals surface area contributed by atoms with Crippen LogP contribution in [0.5, 0.6) is 0 Å². The number of hydrogen-bond donors (Lipinski definition) is 1. The lowest BCUT2D eigenvalue weighted by atomic mass is 9.99. The third-order valence-electron chi connectivity index (χ3n) is 3.92. The van der Waals surface area contributed by atoms with E-state index in [0.717, 1.165) is 35.5 Å². The molecule has 5 heteroatoms. The summed E-state index contributed by atoms with van der Waals surface area (Å²) in [6, 6.07) is 3.94. The molecule has 2 aromatic rings. The van der Waals surface area contributed by atoms with Crippen molar-refractivity contribution in [2.75, 3.05) is 0 Å². The van der Waals surface area contributed by atoms with Gasteiger partial charge in [0, 0.05) is 11.9 Å². The van der Waals surface area contributed by atoms with Crippen molar-refractivity contribution in [1.29, 1.82) is 0 Å². The van der Waals surface area contributed by atoms with Gasteiger partial charge in [-0.2, -0.15) is 5.10 Å². The standard InChI is InChI=1S/C16H20N4O/c1-11-8-9-20-14(10-11)17-12(2)15(20)16(21)19-18-13-6-4-3-5-7-13/h8-10H,3-7H2,1-2H3,(H,19,21). The van der Waals surface area contributed by atoms with Gasteiger partial charge in [0.15, 0.2) is 0 Å². The number of hydrogen-bond acceptors (Lipinski definition) is 3. The van der Waals surface area contributed by atoms with Crippen molar-refractivity contribution in [1.82, 2.24) is 14.8 Å². The molecule has 0 saturated heterocycles. The lowest BCUT2D eigenvalue weighted by Gasteiger charge is -2.12. The maximum atomic E-state index is 12.4. The number of aryl methyl sites for hydroxylation is 2. The molecule has 0 aliphatic heterocycles.